The SMILES string of the molecule is COC(C=C(C)C(=O)O)OC. The minimum atomic E-state index is -0.968. The van der Waals surface area contributed by atoms with Crippen molar-refractivity contribution in [1.82, 2.24) is 0 Å². The van der Waals surface area contributed by atoms with Gasteiger partial charge >= 0.3 is 5.97 Å². The topological polar surface area (TPSA) is 55.8 Å². The zero-order valence-corrected chi connectivity index (χ0v) is 6.83. The van der Waals surface area contributed by atoms with E-state index >= 15 is 0 Å². The molecule has 11 heavy (non-hydrogen) atoms. The van der Waals surface area contributed by atoms with Crippen LogP contribution in [-0.2, 0) is 14.3 Å². The molecule has 1 N–H and O–H groups in total. The molecular weight excluding hydrogens is 148 g/mol. The molecule has 0 unspecified atom stereocenters. The van der Waals surface area contributed by atoms with E-state index in [-0.39, 0.29) is 5.57 Å². The highest BCUT2D eigenvalue weighted by atomic mass is 16.7. The van der Waals surface area contributed by atoms with E-state index in [0.29, 0.717) is 0 Å². The fourth-order valence-electron chi connectivity index (χ4n) is 0.508. The van der Waals surface area contributed by atoms with Crippen molar-refractivity contribution in [3.05, 3.63) is 11.6 Å². The highest BCUT2D eigenvalue weighted by Crippen LogP contribution is 1.99. The lowest BCUT2D eigenvalue weighted by molar-refractivity contribution is -0.133. The summed E-state index contributed by atoms with van der Waals surface area (Å²) in [5.41, 5.74) is 0.207. The number of hydrogen-bond acceptors (Lipinski definition) is 3. The first kappa shape index (κ1) is 10.1. The molecule has 0 aliphatic heterocycles. The maximum Gasteiger partial charge on any atom is 0.331 e. The largest absolute Gasteiger partial charge is 0.478 e. The van der Waals surface area contributed by atoms with Crippen LogP contribution in [0.4, 0.5) is 0 Å². The van der Waals surface area contributed by atoms with Gasteiger partial charge in [-0.15, -0.1) is 0 Å². The lowest BCUT2D eigenvalue weighted by Crippen LogP contribution is -2.11. The molecule has 0 fully saturated rings. The van der Waals surface area contributed by atoms with Crippen LogP contribution in [0.2, 0.25) is 0 Å². The first-order valence-corrected chi connectivity index (χ1v) is 3.09. The number of carboxylic acids is 1. The number of carboxylic acid groups (broad SMARTS) is 1. The van der Waals surface area contributed by atoms with E-state index in [1.165, 1.54) is 27.2 Å². The van der Waals surface area contributed by atoms with Crippen molar-refractivity contribution in [2.75, 3.05) is 14.2 Å². The summed E-state index contributed by atoms with van der Waals surface area (Å²) in [6.07, 6.45) is 0.814. The van der Waals surface area contributed by atoms with Gasteiger partial charge in [-0.1, -0.05) is 0 Å². The lowest BCUT2D eigenvalue weighted by atomic mass is 10.3. The molecular formula is C7H12O4. The summed E-state index contributed by atoms with van der Waals surface area (Å²) in [5.74, 6) is -0.968. The fourth-order valence-corrected chi connectivity index (χ4v) is 0.508. The molecule has 0 heterocycles. The van der Waals surface area contributed by atoms with E-state index in [0.717, 1.165) is 0 Å². The molecule has 0 radical (unpaired) electrons. The number of ether oxygens (including phenoxy) is 2. The van der Waals surface area contributed by atoms with Gasteiger partial charge in [0.05, 0.1) is 0 Å². The summed E-state index contributed by atoms with van der Waals surface area (Å²) in [7, 11) is 2.89. The molecule has 0 aromatic rings. The minimum absolute atomic E-state index is 0.207. The van der Waals surface area contributed by atoms with Crippen LogP contribution in [0.25, 0.3) is 0 Å². The van der Waals surface area contributed by atoms with E-state index < -0.39 is 12.3 Å². The normalized spacial score (nSPS) is 12.2. The number of methoxy groups -OCH3 is 2. The fraction of sp³-hybridized carbons (Fsp3) is 0.571. The molecule has 4 nitrogen and oxygen atoms in total. The maximum absolute atomic E-state index is 10.3. The van der Waals surface area contributed by atoms with E-state index in [4.69, 9.17) is 14.6 Å². The Morgan fingerprint density at radius 2 is 1.91 bits per heavy atom. The van der Waals surface area contributed by atoms with Gasteiger partial charge in [-0.3, -0.25) is 0 Å². The summed E-state index contributed by atoms with van der Waals surface area (Å²) < 4.78 is 9.52. The Hall–Kier alpha value is -0.870. The van der Waals surface area contributed by atoms with Gasteiger partial charge in [-0.2, -0.15) is 0 Å². The molecule has 0 rings (SSSR count). The summed E-state index contributed by atoms with van der Waals surface area (Å²) in [4.78, 5) is 10.3. The molecule has 0 atom stereocenters. The predicted octanol–water partition coefficient (Wildman–Crippen LogP) is 0.636. The molecule has 0 saturated heterocycles. The zero-order valence-electron chi connectivity index (χ0n) is 6.83. The third-order valence-corrected chi connectivity index (χ3v) is 1.19. The summed E-state index contributed by atoms with van der Waals surface area (Å²) in [5, 5.41) is 8.44. The molecule has 0 saturated carbocycles. The third-order valence-electron chi connectivity index (χ3n) is 1.19. The van der Waals surface area contributed by atoms with Gasteiger partial charge in [0.15, 0.2) is 6.29 Å². The first-order chi connectivity index (χ1) is 5.11. The Morgan fingerprint density at radius 1 is 1.45 bits per heavy atom. The van der Waals surface area contributed by atoms with Gasteiger partial charge in [-0.25, -0.2) is 4.79 Å². The monoisotopic (exact) mass is 160 g/mol. The van der Waals surface area contributed by atoms with Crippen molar-refractivity contribution in [3.8, 4) is 0 Å². The first-order valence-electron chi connectivity index (χ1n) is 3.09. The summed E-state index contributed by atoms with van der Waals surface area (Å²) in [6.45, 7) is 1.48. The van der Waals surface area contributed by atoms with E-state index in [1.54, 1.807) is 0 Å². The Kier molecular flexibility index (Phi) is 4.49. The second-order valence-corrected chi connectivity index (χ2v) is 1.99. The van der Waals surface area contributed by atoms with Crippen molar-refractivity contribution >= 4 is 5.97 Å². The average Bonchev–Trinajstić information content (AvgIpc) is 1.99. The van der Waals surface area contributed by atoms with Gasteiger partial charge in [0, 0.05) is 19.8 Å². The van der Waals surface area contributed by atoms with E-state index in [1.807, 2.05) is 0 Å². The molecule has 0 aliphatic rings. The second kappa shape index (κ2) is 4.87. The van der Waals surface area contributed by atoms with Gasteiger partial charge in [0.2, 0.25) is 0 Å². The molecule has 0 aromatic carbocycles. The van der Waals surface area contributed by atoms with Crippen molar-refractivity contribution in [2.45, 2.75) is 13.2 Å². The van der Waals surface area contributed by atoms with Crippen LogP contribution < -0.4 is 0 Å². The minimum Gasteiger partial charge on any atom is -0.478 e. The van der Waals surface area contributed by atoms with Crippen LogP contribution in [0.1, 0.15) is 6.92 Å². The number of rotatable bonds is 4. The van der Waals surface area contributed by atoms with Crippen LogP contribution in [-0.4, -0.2) is 31.6 Å². The smallest absolute Gasteiger partial charge is 0.331 e. The second-order valence-electron chi connectivity index (χ2n) is 1.99. The Labute approximate surface area is 65.4 Å². The van der Waals surface area contributed by atoms with Gasteiger partial charge in [-0.05, 0) is 13.0 Å². The van der Waals surface area contributed by atoms with Gasteiger partial charge in [0.25, 0.3) is 0 Å². The molecule has 4 heteroatoms. The van der Waals surface area contributed by atoms with Gasteiger partial charge < -0.3 is 14.6 Å². The average molecular weight is 160 g/mol. The van der Waals surface area contributed by atoms with Crippen molar-refractivity contribution in [1.29, 1.82) is 0 Å². The summed E-state index contributed by atoms with van der Waals surface area (Å²) in [6, 6.07) is 0. The molecule has 64 valence electrons. The van der Waals surface area contributed by atoms with E-state index in [9.17, 15) is 4.79 Å². The van der Waals surface area contributed by atoms with Crippen LogP contribution in [0.3, 0.4) is 0 Å². The van der Waals surface area contributed by atoms with Crippen molar-refractivity contribution in [3.63, 3.8) is 0 Å². The molecule has 0 spiro atoms. The van der Waals surface area contributed by atoms with Crippen LogP contribution in [0.5, 0.6) is 0 Å². The number of carbonyl (C=O) groups is 1. The molecule has 0 aromatic heterocycles. The highest BCUT2D eigenvalue weighted by molar-refractivity contribution is 5.85. The van der Waals surface area contributed by atoms with Gasteiger partial charge in [0.1, 0.15) is 0 Å². The van der Waals surface area contributed by atoms with Crippen LogP contribution in [0, 0.1) is 0 Å². The molecule has 0 amide bonds. The van der Waals surface area contributed by atoms with Crippen LogP contribution >= 0.6 is 0 Å². The maximum atomic E-state index is 10.3. The third kappa shape index (κ3) is 3.75. The van der Waals surface area contributed by atoms with Crippen molar-refractivity contribution in [2.24, 2.45) is 0 Å². The highest BCUT2D eigenvalue weighted by Gasteiger charge is 2.05. The number of aliphatic carboxylic acids is 1. The Bertz CT molecular complexity index is 158. The lowest BCUT2D eigenvalue weighted by Gasteiger charge is -2.07. The quantitative estimate of drug-likeness (QED) is 0.484. The van der Waals surface area contributed by atoms with E-state index in [2.05, 4.69) is 0 Å². The molecule has 0 bridgehead atoms. The Balaban J connectivity index is 4.14. The standard InChI is InChI=1S/C7H12O4/c1-5(7(8)9)4-6(10-2)11-3/h4,6H,1-3H3,(H,8,9). The number of hydrogen-bond donors (Lipinski definition) is 1. The summed E-state index contributed by atoms with van der Waals surface area (Å²) >= 11 is 0. The molecule has 0 aliphatic carbocycles. The predicted molar refractivity (Wildman–Crippen MR) is 39.2 cm³/mol. The Morgan fingerprint density at radius 3 is 2.18 bits per heavy atom. The zero-order chi connectivity index (χ0) is 8.85. The van der Waals surface area contributed by atoms with Crippen LogP contribution in [0.15, 0.2) is 11.6 Å². The van der Waals surface area contributed by atoms with Crippen molar-refractivity contribution < 1.29 is 19.4 Å².